The molecule has 0 amide bonds. The van der Waals surface area contributed by atoms with Crippen LogP contribution in [-0.2, 0) is 13.1 Å². The van der Waals surface area contributed by atoms with E-state index in [1.807, 2.05) is 35.2 Å². The SMILES string of the molecule is O=c1c2cc(Cl)ccc2ncn1CC[n+]1ccccc1. The Bertz CT molecular complexity index is 799. The number of pyridine rings is 1. The van der Waals surface area contributed by atoms with E-state index in [1.165, 1.54) is 0 Å². The van der Waals surface area contributed by atoms with Gasteiger partial charge in [-0.1, -0.05) is 17.7 Å². The van der Waals surface area contributed by atoms with Crippen LogP contribution in [0.4, 0.5) is 0 Å². The van der Waals surface area contributed by atoms with Gasteiger partial charge in [-0.15, -0.1) is 0 Å². The van der Waals surface area contributed by atoms with Crippen LogP contribution in [0.5, 0.6) is 0 Å². The minimum atomic E-state index is -0.0611. The lowest BCUT2D eigenvalue weighted by molar-refractivity contribution is -0.698. The van der Waals surface area contributed by atoms with Crippen LogP contribution in [-0.4, -0.2) is 9.55 Å². The Balaban J connectivity index is 1.92. The zero-order chi connectivity index (χ0) is 13.9. The van der Waals surface area contributed by atoms with Gasteiger partial charge in [0, 0.05) is 17.2 Å². The molecule has 0 spiro atoms. The van der Waals surface area contributed by atoms with Crippen LogP contribution in [0.25, 0.3) is 10.9 Å². The maximum atomic E-state index is 12.4. The first kappa shape index (κ1) is 12.8. The second kappa shape index (κ2) is 5.43. The lowest BCUT2D eigenvalue weighted by Gasteiger charge is -2.04. The summed E-state index contributed by atoms with van der Waals surface area (Å²) in [7, 11) is 0. The Hall–Kier alpha value is -2.20. The molecule has 1 aromatic carbocycles. The van der Waals surface area contributed by atoms with Crippen LogP contribution >= 0.6 is 11.6 Å². The minimum Gasteiger partial charge on any atom is -0.292 e. The van der Waals surface area contributed by atoms with Crippen molar-refractivity contribution in [1.82, 2.24) is 9.55 Å². The zero-order valence-electron chi connectivity index (χ0n) is 10.7. The smallest absolute Gasteiger partial charge is 0.261 e. The molecule has 5 heteroatoms. The van der Waals surface area contributed by atoms with Crippen molar-refractivity contribution in [3.63, 3.8) is 0 Å². The molecule has 0 radical (unpaired) electrons. The van der Waals surface area contributed by atoms with E-state index >= 15 is 0 Å². The minimum absolute atomic E-state index is 0.0611. The summed E-state index contributed by atoms with van der Waals surface area (Å²) in [5.41, 5.74) is 0.608. The summed E-state index contributed by atoms with van der Waals surface area (Å²) in [6.45, 7) is 1.29. The molecule has 3 rings (SSSR count). The quantitative estimate of drug-likeness (QED) is 0.691. The molecule has 0 aliphatic carbocycles. The highest BCUT2D eigenvalue weighted by Gasteiger charge is 2.06. The van der Waals surface area contributed by atoms with E-state index in [4.69, 9.17) is 11.6 Å². The summed E-state index contributed by atoms with van der Waals surface area (Å²) in [4.78, 5) is 16.6. The van der Waals surface area contributed by atoms with Crippen molar-refractivity contribution in [2.75, 3.05) is 0 Å². The lowest BCUT2D eigenvalue weighted by atomic mass is 10.2. The van der Waals surface area contributed by atoms with Crippen LogP contribution in [0.3, 0.4) is 0 Å². The van der Waals surface area contributed by atoms with Gasteiger partial charge in [-0.3, -0.25) is 9.36 Å². The van der Waals surface area contributed by atoms with Gasteiger partial charge in [-0.05, 0) is 18.2 Å². The summed E-state index contributed by atoms with van der Waals surface area (Å²) in [6.07, 6.45) is 5.52. The number of benzene rings is 1. The molecule has 3 aromatic rings. The standard InChI is InChI=1S/C15H13ClN3O/c16-12-4-5-14-13(10-12)15(20)19(11-17-14)9-8-18-6-2-1-3-7-18/h1-7,10-11H,8-9H2/q+1. The summed E-state index contributed by atoms with van der Waals surface area (Å²) in [5, 5.41) is 1.10. The summed E-state index contributed by atoms with van der Waals surface area (Å²) >= 11 is 5.94. The second-order valence-electron chi connectivity index (χ2n) is 4.52. The number of fused-ring (bicyclic) bond motifs is 1. The maximum Gasteiger partial charge on any atom is 0.261 e. The normalized spacial score (nSPS) is 10.8. The predicted molar refractivity (Wildman–Crippen MR) is 77.7 cm³/mol. The van der Waals surface area contributed by atoms with Crippen molar-refractivity contribution in [2.24, 2.45) is 0 Å². The predicted octanol–water partition coefficient (Wildman–Crippen LogP) is 2.04. The van der Waals surface area contributed by atoms with E-state index in [1.54, 1.807) is 29.1 Å². The van der Waals surface area contributed by atoms with Crippen molar-refractivity contribution in [1.29, 1.82) is 0 Å². The van der Waals surface area contributed by atoms with Crippen molar-refractivity contribution in [2.45, 2.75) is 13.1 Å². The van der Waals surface area contributed by atoms with Gasteiger partial charge in [0.1, 0.15) is 0 Å². The van der Waals surface area contributed by atoms with Crippen LogP contribution < -0.4 is 10.1 Å². The molecule has 0 fully saturated rings. The molecule has 100 valence electrons. The highest BCUT2D eigenvalue weighted by atomic mass is 35.5. The Morgan fingerprint density at radius 1 is 1.20 bits per heavy atom. The van der Waals surface area contributed by atoms with Gasteiger partial charge >= 0.3 is 0 Å². The van der Waals surface area contributed by atoms with Gasteiger partial charge in [-0.25, -0.2) is 9.55 Å². The first-order valence-corrected chi connectivity index (χ1v) is 6.70. The second-order valence-corrected chi connectivity index (χ2v) is 4.95. The van der Waals surface area contributed by atoms with Gasteiger partial charge < -0.3 is 0 Å². The highest BCUT2D eigenvalue weighted by molar-refractivity contribution is 6.31. The molecule has 2 aromatic heterocycles. The molecule has 0 aliphatic heterocycles. The molecule has 0 saturated carbocycles. The van der Waals surface area contributed by atoms with E-state index in [-0.39, 0.29) is 5.56 Å². The number of aryl methyl sites for hydroxylation is 2. The molecule has 0 unspecified atom stereocenters. The number of rotatable bonds is 3. The highest BCUT2D eigenvalue weighted by Crippen LogP contribution is 2.13. The zero-order valence-corrected chi connectivity index (χ0v) is 11.5. The topological polar surface area (TPSA) is 38.8 Å². The number of hydrogen-bond donors (Lipinski definition) is 0. The molecule has 0 saturated heterocycles. The fourth-order valence-electron chi connectivity index (χ4n) is 2.10. The Labute approximate surface area is 120 Å². The molecular formula is C15H13ClN3O+. The molecule has 20 heavy (non-hydrogen) atoms. The number of aromatic nitrogens is 3. The van der Waals surface area contributed by atoms with Crippen LogP contribution in [0.15, 0.2) is 59.9 Å². The number of hydrogen-bond acceptors (Lipinski definition) is 2. The molecule has 0 bridgehead atoms. The lowest BCUT2D eigenvalue weighted by Crippen LogP contribution is -2.36. The van der Waals surface area contributed by atoms with Crippen molar-refractivity contribution in [3.05, 3.63) is 70.5 Å². The summed E-state index contributed by atoms with van der Waals surface area (Å²) in [6, 6.07) is 11.0. The van der Waals surface area contributed by atoms with E-state index in [0.717, 1.165) is 0 Å². The van der Waals surface area contributed by atoms with Gasteiger partial charge in [0.25, 0.3) is 5.56 Å². The van der Waals surface area contributed by atoms with E-state index in [0.29, 0.717) is 29.0 Å². The summed E-state index contributed by atoms with van der Waals surface area (Å²) < 4.78 is 3.63. The van der Waals surface area contributed by atoms with Gasteiger partial charge in [-0.2, -0.15) is 0 Å². The van der Waals surface area contributed by atoms with E-state index in [9.17, 15) is 4.79 Å². The average molecular weight is 287 g/mol. The molecule has 0 atom stereocenters. The largest absolute Gasteiger partial charge is 0.292 e. The molecular weight excluding hydrogens is 274 g/mol. The van der Waals surface area contributed by atoms with E-state index < -0.39 is 0 Å². The van der Waals surface area contributed by atoms with Crippen LogP contribution in [0.1, 0.15) is 0 Å². The number of nitrogens with zero attached hydrogens (tertiary/aromatic N) is 3. The molecule has 0 aliphatic rings. The van der Waals surface area contributed by atoms with Gasteiger partial charge in [0.05, 0.1) is 23.8 Å². The Kier molecular flexibility index (Phi) is 3.48. The van der Waals surface area contributed by atoms with Crippen LogP contribution in [0, 0.1) is 0 Å². The summed E-state index contributed by atoms with van der Waals surface area (Å²) in [5.74, 6) is 0. The van der Waals surface area contributed by atoms with Gasteiger partial charge in [0.15, 0.2) is 18.9 Å². The average Bonchev–Trinajstić information content (AvgIpc) is 2.48. The maximum absolute atomic E-state index is 12.4. The molecule has 4 nitrogen and oxygen atoms in total. The molecule has 0 N–H and O–H groups in total. The first-order valence-electron chi connectivity index (χ1n) is 6.33. The van der Waals surface area contributed by atoms with E-state index in [2.05, 4.69) is 4.98 Å². The molecule has 2 heterocycles. The Morgan fingerprint density at radius 2 is 2.00 bits per heavy atom. The third-order valence-corrected chi connectivity index (χ3v) is 3.40. The first-order chi connectivity index (χ1) is 9.74. The van der Waals surface area contributed by atoms with Crippen molar-refractivity contribution < 1.29 is 4.57 Å². The van der Waals surface area contributed by atoms with Crippen molar-refractivity contribution in [3.8, 4) is 0 Å². The van der Waals surface area contributed by atoms with Crippen molar-refractivity contribution >= 4 is 22.5 Å². The third kappa shape index (κ3) is 2.56. The third-order valence-electron chi connectivity index (χ3n) is 3.16. The monoisotopic (exact) mass is 286 g/mol. The van der Waals surface area contributed by atoms with Gasteiger partial charge in [0.2, 0.25) is 0 Å². The Morgan fingerprint density at radius 3 is 2.80 bits per heavy atom. The van der Waals surface area contributed by atoms with Crippen LogP contribution in [0.2, 0.25) is 5.02 Å². The number of halogens is 1. The fourth-order valence-corrected chi connectivity index (χ4v) is 2.27. The fraction of sp³-hybridized carbons (Fsp3) is 0.133.